The molecule has 1 spiro atoms. The molecule has 3 amide bonds. The van der Waals surface area contributed by atoms with Crippen molar-refractivity contribution in [1.29, 1.82) is 0 Å². The second-order valence-electron chi connectivity index (χ2n) is 13.0. The van der Waals surface area contributed by atoms with E-state index in [1.54, 1.807) is 23.1 Å². The molecule has 2 aromatic carbocycles. The molecule has 11 nitrogen and oxygen atoms in total. The number of carbonyl (C=O) groups excluding carboxylic acids is 4. The first-order valence-corrected chi connectivity index (χ1v) is 17.4. The van der Waals surface area contributed by atoms with Gasteiger partial charge in [-0.25, -0.2) is 0 Å². The third-order valence-corrected chi connectivity index (χ3v) is 10.3. The minimum atomic E-state index is -1.50. The van der Waals surface area contributed by atoms with Crippen molar-refractivity contribution in [3.05, 3.63) is 84.5 Å². The number of allylic oxidation sites excluding steroid dienone is 1. The summed E-state index contributed by atoms with van der Waals surface area (Å²) in [6, 6.07) is 15.1. The maximum absolute atomic E-state index is 14.8. The van der Waals surface area contributed by atoms with Crippen molar-refractivity contribution in [1.82, 2.24) is 10.2 Å². The first-order valence-electron chi connectivity index (χ1n) is 17.4. The van der Waals surface area contributed by atoms with E-state index in [0.29, 0.717) is 24.1 Å². The van der Waals surface area contributed by atoms with Crippen LogP contribution in [0.15, 0.2) is 78.9 Å². The van der Waals surface area contributed by atoms with Gasteiger partial charge in [0, 0.05) is 37.4 Å². The van der Waals surface area contributed by atoms with Crippen LogP contribution in [0.2, 0.25) is 0 Å². The minimum absolute atomic E-state index is 0.0673. The molecule has 0 unspecified atom stereocenters. The lowest BCUT2D eigenvalue weighted by Gasteiger charge is -2.38. The molecule has 2 saturated heterocycles. The van der Waals surface area contributed by atoms with Crippen LogP contribution in [0.3, 0.4) is 0 Å². The van der Waals surface area contributed by atoms with Crippen LogP contribution in [0.5, 0.6) is 0 Å². The highest BCUT2D eigenvalue weighted by molar-refractivity contribution is 6.05. The van der Waals surface area contributed by atoms with Gasteiger partial charge in [-0.2, -0.15) is 0 Å². The van der Waals surface area contributed by atoms with E-state index in [0.717, 1.165) is 18.8 Å². The molecule has 0 aromatic heterocycles. The largest absolute Gasteiger partial charge is 0.455 e. The van der Waals surface area contributed by atoms with Gasteiger partial charge in [-0.05, 0) is 56.5 Å². The number of hydrogen-bond donors (Lipinski definition) is 2. The summed E-state index contributed by atoms with van der Waals surface area (Å²) in [6.45, 7) is 7.67. The molecular weight excluding hydrogens is 624 g/mol. The topological polar surface area (TPSA) is 129 Å². The normalized spacial score (nSPS) is 29.8. The van der Waals surface area contributed by atoms with Crippen molar-refractivity contribution >= 4 is 35.1 Å². The van der Waals surface area contributed by atoms with Gasteiger partial charge >= 0.3 is 5.97 Å². The zero-order chi connectivity index (χ0) is 34.7. The Morgan fingerprint density at radius 3 is 2.39 bits per heavy atom. The molecule has 49 heavy (non-hydrogen) atoms. The third-order valence-electron chi connectivity index (χ3n) is 10.3. The SMILES string of the molecule is CC[C@@H](CO)N1C(=O)[C@H]2[C@@H]3C(=O)O[C@@H](c4ccccc4)CNC(=O)CC/C=C\[C@@H]3O[C@]23C=CCN(c2ccc(N(CC)CC)cc2)C(=O)[C@H]13. The molecule has 0 radical (unpaired) electrons. The summed E-state index contributed by atoms with van der Waals surface area (Å²) < 4.78 is 12.9. The Morgan fingerprint density at radius 2 is 1.71 bits per heavy atom. The zero-order valence-electron chi connectivity index (χ0n) is 28.4. The van der Waals surface area contributed by atoms with E-state index in [1.165, 1.54) is 4.90 Å². The number of likely N-dealkylation sites (tertiary alicyclic amines) is 1. The van der Waals surface area contributed by atoms with Gasteiger partial charge in [0.25, 0.3) is 5.91 Å². The molecule has 260 valence electrons. The van der Waals surface area contributed by atoms with Crippen molar-refractivity contribution in [3.63, 3.8) is 0 Å². The molecule has 4 aliphatic rings. The van der Waals surface area contributed by atoms with Crippen LogP contribution in [-0.4, -0.2) is 90.3 Å². The summed E-state index contributed by atoms with van der Waals surface area (Å²) in [7, 11) is 0. The van der Waals surface area contributed by atoms with Crippen molar-refractivity contribution in [3.8, 4) is 0 Å². The maximum atomic E-state index is 14.8. The van der Waals surface area contributed by atoms with E-state index < -0.39 is 53.6 Å². The van der Waals surface area contributed by atoms with Gasteiger partial charge in [-0.15, -0.1) is 0 Å². The van der Waals surface area contributed by atoms with Gasteiger partial charge in [-0.3, -0.25) is 19.2 Å². The predicted octanol–water partition coefficient (Wildman–Crippen LogP) is 3.54. The maximum Gasteiger partial charge on any atom is 0.313 e. The summed E-state index contributed by atoms with van der Waals surface area (Å²) in [4.78, 5) is 61.8. The highest BCUT2D eigenvalue weighted by Gasteiger charge is 2.72. The van der Waals surface area contributed by atoms with Crippen LogP contribution < -0.4 is 15.1 Å². The van der Waals surface area contributed by atoms with E-state index in [4.69, 9.17) is 9.47 Å². The molecule has 4 aliphatic heterocycles. The number of anilines is 2. The van der Waals surface area contributed by atoms with E-state index in [9.17, 15) is 24.3 Å². The number of amides is 3. The lowest BCUT2D eigenvalue weighted by Crippen LogP contribution is -2.58. The van der Waals surface area contributed by atoms with Crippen molar-refractivity contribution in [2.45, 2.75) is 69.9 Å². The molecule has 0 aliphatic carbocycles. The molecule has 0 saturated carbocycles. The van der Waals surface area contributed by atoms with E-state index in [2.05, 4.69) is 24.1 Å². The average molecular weight is 671 g/mol. The number of aliphatic hydroxyl groups excluding tert-OH is 1. The number of ether oxygens (including phenoxy) is 2. The van der Waals surface area contributed by atoms with Crippen LogP contribution in [0.4, 0.5) is 11.4 Å². The molecule has 2 aromatic rings. The Balaban J connectivity index is 1.42. The fraction of sp³-hybridized carbons (Fsp3) is 0.474. The standard InChI is InChI=1S/C38H46N4O7/c1-4-26(24-43)42-34-36(46)41(28-19-17-27(18-20-28)40(5-2)6-3)22-12-21-38(34)33(35(42)45)32-29(49-38)15-10-11-16-31(44)39-23-30(48-37(32)47)25-13-8-7-9-14-25/h7-10,12-15,17-21,26,29-30,32-34,43H,4-6,11,16,22-24H2,1-3H3,(H,39,44)/b15-10-/t26-,29-,30+,32+,33+,34-,38+/m0/s1. The number of benzene rings is 2. The van der Waals surface area contributed by atoms with Gasteiger partial charge in [0.2, 0.25) is 11.8 Å². The van der Waals surface area contributed by atoms with Crippen LogP contribution in [0, 0.1) is 11.8 Å². The molecular formula is C38H46N4O7. The van der Waals surface area contributed by atoms with Gasteiger partial charge in [0.15, 0.2) is 0 Å². The molecule has 11 heteroatoms. The Morgan fingerprint density at radius 1 is 0.980 bits per heavy atom. The summed E-state index contributed by atoms with van der Waals surface area (Å²) >= 11 is 0. The lowest BCUT2D eigenvalue weighted by atomic mass is 9.77. The molecule has 2 N–H and O–H groups in total. The Kier molecular flexibility index (Phi) is 10.2. The molecule has 6 rings (SSSR count). The summed E-state index contributed by atoms with van der Waals surface area (Å²) in [5.74, 6) is -3.78. The van der Waals surface area contributed by atoms with E-state index >= 15 is 0 Å². The van der Waals surface area contributed by atoms with Crippen LogP contribution in [-0.2, 0) is 28.7 Å². The van der Waals surface area contributed by atoms with Crippen LogP contribution >= 0.6 is 0 Å². The summed E-state index contributed by atoms with van der Waals surface area (Å²) in [5.41, 5.74) is 0.908. The number of carbonyl (C=O) groups is 4. The van der Waals surface area contributed by atoms with Gasteiger partial charge < -0.3 is 34.6 Å². The van der Waals surface area contributed by atoms with Gasteiger partial charge in [-0.1, -0.05) is 61.6 Å². The highest BCUT2D eigenvalue weighted by atomic mass is 16.6. The van der Waals surface area contributed by atoms with Crippen molar-refractivity contribution in [2.24, 2.45) is 11.8 Å². The number of aliphatic hydroxyl groups is 1. The molecule has 4 heterocycles. The second kappa shape index (κ2) is 14.6. The van der Waals surface area contributed by atoms with Gasteiger partial charge in [0.1, 0.15) is 23.7 Å². The number of esters is 1. The molecule has 0 bridgehead atoms. The number of hydrogen-bond acceptors (Lipinski definition) is 8. The third kappa shape index (κ3) is 6.25. The lowest BCUT2D eigenvalue weighted by molar-refractivity contribution is -0.160. The number of nitrogens with zero attached hydrogens (tertiary/aromatic N) is 3. The predicted molar refractivity (Wildman–Crippen MR) is 185 cm³/mol. The quantitative estimate of drug-likeness (QED) is 0.323. The fourth-order valence-electron chi connectivity index (χ4n) is 7.82. The highest BCUT2D eigenvalue weighted by Crippen LogP contribution is 2.54. The second-order valence-corrected chi connectivity index (χ2v) is 13.0. The Bertz CT molecular complexity index is 1590. The van der Waals surface area contributed by atoms with E-state index in [-0.39, 0.29) is 37.9 Å². The smallest absolute Gasteiger partial charge is 0.313 e. The molecule has 2 fully saturated rings. The van der Waals surface area contributed by atoms with Crippen molar-refractivity contribution in [2.75, 3.05) is 42.6 Å². The summed E-state index contributed by atoms with van der Waals surface area (Å²) in [5, 5.41) is 13.3. The Labute approximate surface area is 287 Å². The van der Waals surface area contributed by atoms with Gasteiger partial charge in [0.05, 0.1) is 31.2 Å². The number of fused-ring (bicyclic) bond motifs is 2. The first kappa shape index (κ1) is 34.4. The average Bonchev–Trinajstić information content (AvgIpc) is 3.51. The van der Waals surface area contributed by atoms with E-state index in [1.807, 2.05) is 67.6 Å². The Hall–Kier alpha value is -4.48. The summed E-state index contributed by atoms with van der Waals surface area (Å²) in [6.07, 6.45) is 6.43. The number of cyclic esters (lactones) is 1. The minimum Gasteiger partial charge on any atom is -0.455 e. The van der Waals surface area contributed by atoms with Crippen molar-refractivity contribution < 1.29 is 33.8 Å². The number of rotatable bonds is 8. The zero-order valence-corrected chi connectivity index (χ0v) is 28.4. The monoisotopic (exact) mass is 670 g/mol. The first-order chi connectivity index (χ1) is 23.8. The fourth-order valence-corrected chi connectivity index (χ4v) is 7.82. The van der Waals surface area contributed by atoms with Crippen LogP contribution in [0.25, 0.3) is 0 Å². The number of nitrogens with one attached hydrogen (secondary N) is 1. The molecule has 7 atom stereocenters. The van der Waals surface area contributed by atoms with Crippen LogP contribution in [0.1, 0.15) is 51.7 Å².